The molecule has 1 aromatic carbocycles. The number of pyridine rings is 1. The van der Waals surface area contributed by atoms with Crippen LogP contribution in [0.5, 0.6) is 0 Å². The van der Waals surface area contributed by atoms with Crippen LogP contribution in [0.4, 0.5) is 0 Å². The van der Waals surface area contributed by atoms with Crippen molar-refractivity contribution >= 4 is 11.0 Å². The predicted molar refractivity (Wildman–Crippen MR) is 86.2 cm³/mol. The first-order valence-electron chi connectivity index (χ1n) is 7.12. The molecule has 3 aromatic rings. The maximum Gasteiger partial charge on any atom is 0.333 e. The minimum absolute atomic E-state index is 0.152. The second-order valence-corrected chi connectivity index (χ2v) is 5.28. The first-order valence-corrected chi connectivity index (χ1v) is 7.12. The van der Waals surface area contributed by atoms with Gasteiger partial charge in [-0.1, -0.05) is 29.8 Å². The molecule has 0 saturated carbocycles. The van der Waals surface area contributed by atoms with Gasteiger partial charge >= 0.3 is 5.69 Å². The van der Waals surface area contributed by atoms with Crippen LogP contribution in [0, 0.1) is 18.3 Å². The highest BCUT2D eigenvalue weighted by molar-refractivity contribution is 5.73. The Morgan fingerprint density at radius 2 is 1.87 bits per heavy atom. The largest absolute Gasteiger partial charge is 0.333 e. The third-order valence-electron chi connectivity index (χ3n) is 3.67. The van der Waals surface area contributed by atoms with Gasteiger partial charge in [0.2, 0.25) is 0 Å². The minimum Gasteiger partial charge on any atom is -0.268 e. The van der Waals surface area contributed by atoms with Crippen molar-refractivity contribution < 1.29 is 0 Å². The summed E-state index contributed by atoms with van der Waals surface area (Å²) in [5.74, 6) is 0. The van der Waals surface area contributed by atoms with Crippen LogP contribution in [0.2, 0.25) is 0 Å². The van der Waals surface area contributed by atoms with Gasteiger partial charge in [0.15, 0.2) is 0 Å². The highest BCUT2D eigenvalue weighted by atomic mass is 16.2. The van der Waals surface area contributed by atoms with E-state index in [0.29, 0.717) is 5.39 Å². The fourth-order valence-electron chi connectivity index (χ4n) is 2.48. The molecule has 0 saturated heterocycles. The zero-order chi connectivity index (χ0) is 16.4. The summed E-state index contributed by atoms with van der Waals surface area (Å²) in [5.41, 5.74) is 1.27. The van der Waals surface area contributed by atoms with E-state index in [-0.39, 0.29) is 18.7 Å². The van der Waals surface area contributed by atoms with Gasteiger partial charge in [0.1, 0.15) is 12.2 Å². The van der Waals surface area contributed by atoms with Crippen LogP contribution < -0.4 is 11.2 Å². The predicted octanol–water partition coefficient (Wildman–Crippen LogP) is 1.44. The van der Waals surface area contributed by atoms with E-state index in [9.17, 15) is 9.59 Å². The van der Waals surface area contributed by atoms with Crippen LogP contribution in [0.15, 0.2) is 52.2 Å². The molecule has 2 heterocycles. The highest BCUT2D eigenvalue weighted by Crippen LogP contribution is 2.06. The van der Waals surface area contributed by atoms with Crippen LogP contribution in [-0.4, -0.2) is 14.1 Å². The molecule has 0 aliphatic rings. The molecule has 0 aliphatic carbocycles. The summed E-state index contributed by atoms with van der Waals surface area (Å²) in [6.45, 7) is 1.98. The van der Waals surface area contributed by atoms with E-state index in [1.807, 2.05) is 37.3 Å². The average molecular weight is 306 g/mol. The van der Waals surface area contributed by atoms with E-state index in [2.05, 4.69) is 4.98 Å². The lowest BCUT2D eigenvalue weighted by atomic mass is 10.1. The average Bonchev–Trinajstić information content (AvgIpc) is 2.57. The maximum atomic E-state index is 12.6. The van der Waals surface area contributed by atoms with Crippen molar-refractivity contribution in [3.63, 3.8) is 0 Å². The van der Waals surface area contributed by atoms with Crippen molar-refractivity contribution in [3.8, 4) is 6.07 Å². The lowest BCUT2D eigenvalue weighted by Crippen LogP contribution is -2.40. The summed E-state index contributed by atoms with van der Waals surface area (Å²) in [6.07, 6.45) is 1.50. The van der Waals surface area contributed by atoms with E-state index >= 15 is 0 Å². The van der Waals surface area contributed by atoms with Crippen molar-refractivity contribution in [2.24, 2.45) is 0 Å². The Balaban J connectivity index is 2.24. The van der Waals surface area contributed by atoms with Gasteiger partial charge in [0.05, 0.1) is 18.0 Å². The van der Waals surface area contributed by atoms with Crippen molar-refractivity contribution in [3.05, 3.63) is 74.6 Å². The molecule has 2 aromatic heterocycles. The summed E-state index contributed by atoms with van der Waals surface area (Å²) in [5, 5.41) is 9.29. The normalized spacial score (nSPS) is 10.6. The Morgan fingerprint density at radius 1 is 1.13 bits per heavy atom. The van der Waals surface area contributed by atoms with Crippen LogP contribution in [0.3, 0.4) is 0 Å². The molecule has 0 N–H and O–H groups in total. The molecule has 0 radical (unpaired) electrons. The summed E-state index contributed by atoms with van der Waals surface area (Å²) < 4.78 is 2.37. The Morgan fingerprint density at radius 3 is 2.57 bits per heavy atom. The van der Waals surface area contributed by atoms with Gasteiger partial charge in [-0.15, -0.1) is 0 Å². The van der Waals surface area contributed by atoms with Gasteiger partial charge in [0.25, 0.3) is 5.56 Å². The molecule has 0 bridgehead atoms. The van der Waals surface area contributed by atoms with Crippen LogP contribution in [0.1, 0.15) is 11.1 Å². The smallest absolute Gasteiger partial charge is 0.268 e. The fourth-order valence-corrected chi connectivity index (χ4v) is 2.48. The number of benzene rings is 1. The third-order valence-corrected chi connectivity index (χ3v) is 3.67. The number of aryl methyl sites for hydroxylation is 1. The van der Waals surface area contributed by atoms with E-state index in [4.69, 9.17) is 5.26 Å². The second kappa shape index (κ2) is 5.89. The summed E-state index contributed by atoms with van der Waals surface area (Å²) in [7, 11) is 0. The van der Waals surface area contributed by atoms with Crippen molar-refractivity contribution in [1.82, 2.24) is 14.1 Å². The second-order valence-electron chi connectivity index (χ2n) is 5.28. The van der Waals surface area contributed by atoms with Gasteiger partial charge in [0, 0.05) is 6.20 Å². The molecule has 0 unspecified atom stereocenters. The highest BCUT2D eigenvalue weighted by Gasteiger charge is 2.13. The monoisotopic (exact) mass is 306 g/mol. The van der Waals surface area contributed by atoms with Crippen LogP contribution in [-0.2, 0) is 13.1 Å². The van der Waals surface area contributed by atoms with Crippen LogP contribution >= 0.6 is 0 Å². The number of rotatable bonds is 3. The maximum absolute atomic E-state index is 12.6. The molecule has 0 fully saturated rings. The topological polar surface area (TPSA) is 80.7 Å². The number of hydrogen-bond acceptors (Lipinski definition) is 4. The van der Waals surface area contributed by atoms with Gasteiger partial charge in [-0.25, -0.2) is 9.78 Å². The minimum atomic E-state index is -0.525. The first kappa shape index (κ1) is 14.7. The molecule has 114 valence electrons. The number of fused-ring (bicyclic) bond motifs is 1. The molecule has 0 amide bonds. The number of nitrogens with zero attached hydrogens (tertiary/aromatic N) is 4. The number of nitriles is 1. The molecule has 0 spiro atoms. The van der Waals surface area contributed by atoms with E-state index in [1.54, 1.807) is 12.1 Å². The Labute approximate surface area is 131 Å². The molecule has 3 rings (SSSR count). The molecule has 6 heteroatoms. The van der Waals surface area contributed by atoms with E-state index < -0.39 is 11.2 Å². The first-order chi connectivity index (χ1) is 11.1. The van der Waals surface area contributed by atoms with Crippen molar-refractivity contribution in [2.45, 2.75) is 20.0 Å². The van der Waals surface area contributed by atoms with Gasteiger partial charge in [-0.2, -0.15) is 5.26 Å². The molecular weight excluding hydrogens is 292 g/mol. The summed E-state index contributed by atoms with van der Waals surface area (Å²) in [6, 6.07) is 12.8. The van der Waals surface area contributed by atoms with Gasteiger partial charge < -0.3 is 0 Å². The Bertz CT molecular complexity index is 1020. The standard InChI is InChI=1S/C17H14N4O2/c1-12-4-6-13(7-5-12)11-21-16(22)14-3-2-9-19-15(14)20(10-8-18)17(21)23/h2-7,9H,10-11H2,1H3. The van der Waals surface area contributed by atoms with E-state index in [1.165, 1.54) is 10.8 Å². The van der Waals surface area contributed by atoms with Gasteiger partial charge in [-0.05, 0) is 24.6 Å². The number of aromatic nitrogens is 3. The fraction of sp³-hybridized carbons (Fsp3) is 0.176. The zero-order valence-corrected chi connectivity index (χ0v) is 12.6. The SMILES string of the molecule is Cc1ccc(Cn2c(=O)c3cccnc3n(CC#N)c2=O)cc1. The lowest BCUT2D eigenvalue weighted by Gasteiger charge is -2.11. The lowest BCUT2D eigenvalue weighted by molar-refractivity contribution is 0.639. The van der Waals surface area contributed by atoms with E-state index in [0.717, 1.165) is 15.7 Å². The van der Waals surface area contributed by atoms with Crippen LogP contribution in [0.25, 0.3) is 11.0 Å². The van der Waals surface area contributed by atoms with Gasteiger partial charge in [-0.3, -0.25) is 13.9 Å². The third kappa shape index (κ3) is 2.64. The quantitative estimate of drug-likeness (QED) is 0.733. The molecule has 23 heavy (non-hydrogen) atoms. The van der Waals surface area contributed by atoms with Crippen molar-refractivity contribution in [2.75, 3.05) is 0 Å². The summed E-state index contributed by atoms with van der Waals surface area (Å²) >= 11 is 0. The number of hydrogen-bond donors (Lipinski definition) is 0. The molecule has 6 nitrogen and oxygen atoms in total. The molecule has 0 atom stereocenters. The molecular formula is C17H14N4O2. The Kier molecular flexibility index (Phi) is 3.77. The zero-order valence-electron chi connectivity index (χ0n) is 12.6. The Hall–Kier alpha value is -3.20. The van der Waals surface area contributed by atoms with Crippen molar-refractivity contribution in [1.29, 1.82) is 5.26 Å². The summed E-state index contributed by atoms with van der Waals surface area (Å²) in [4.78, 5) is 29.3. The molecule has 0 aliphatic heterocycles.